The van der Waals surface area contributed by atoms with Crippen molar-refractivity contribution in [2.45, 2.75) is 32.2 Å². The molecule has 5 rings (SSSR count). The molecule has 3 heterocycles. The minimum absolute atomic E-state index is 0.0581. The highest BCUT2D eigenvalue weighted by atomic mass is 16.5. The van der Waals surface area contributed by atoms with Gasteiger partial charge in [0.1, 0.15) is 11.6 Å². The number of ether oxygens (including phenoxy) is 1. The van der Waals surface area contributed by atoms with E-state index in [9.17, 15) is 4.79 Å². The standard InChI is InChI=1S/C27H27N5O2/c1-20-29-13-15-31(20)18-21-8-5-6-12-24(21)27(33)32-14-7-9-22(19-32)25-16-28-17-26(30-25)34-23-10-3-2-4-11-23/h2-6,8,10-13,15-17,22H,7,9,14,18-19H2,1H3. The zero-order valence-electron chi connectivity index (χ0n) is 19.2. The summed E-state index contributed by atoms with van der Waals surface area (Å²) < 4.78 is 7.92. The van der Waals surface area contributed by atoms with Crippen LogP contribution in [0.3, 0.4) is 0 Å². The van der Waals surface area contributed by atoms with E-state index in [4.69, 9.17) is 9.72 Å². The molecule has 1 aliphatic rings. The number of carbonyl (C=O) groups excluding carboxylic acids is 1. The number of likely N-dealkylation sites (tertiary alicyclic amines) is 1. The van der Waals surface area contributed by atoms with Crippen LogP contribution < -0.4 is 4.74 Å². The molecule has 1 amide bonds. The van der Waals surface area contributed by atoms with Crippen molar-refractivity contribution in [1.82, 2.24) is 24.4 Å². The second-order valence-electron chi connectivity index (χ2n) is 8.55. The quantitative estimate of drug-likeness (QED) is 0.418. The van der Waals surface area contributed by atoms with Gasteiger partial charge in [-0.25, -0.2) is 9.97 Å². The molecule has 0 bridgehead atoms. The number of imidazole rings is 1. The molecule has 7 nitrogen and oxygen atoms in total. The third-order valence-corrected chi connectivity index (χ3v) is 6.24. The Hall–Kier alpha value is -4.00. The number of amides is 1. The first kappa shape index (κ1) is 21.8. The van der Waals surface area contributed by atoms with Crippen LogP contribution in [0.4, 0.5) is 0 Å². The first-order valence-electron chi connectivity index (χ1n) is 11.6. The SMILES string of the molecule is Cc1nccn1Cc1ccccc1C(=O)N1CCCC(c2cncc(Oc3ccccc3)n2)C1. The molecule has 0 aliphatic carbocycles. The normalized spacial score (nSPS) is 15.8. The Morgan fingerprint density at radius 2 is 1.91 bits per heavy atom. The maximum atomic E-state index is 13.6. The van der Waals surface area contributed by atoms with Crippen molar-refractivity contribution in [2.75, 3.05) is 13.1 Å². The molecule has 172 valence electrons. The summed E-state index contributed by atoms with van der Waals surface area (Å²) in [6.07, 6.45) is 9.01. The smallest absolute Gasteiger partial charge is 0.254 e. The fraction of sp³-hybridized carbons (Fsp3) is 0.259. The van der Waals surface area contributed by atoms with Gasteiger partial charge in [0.05, 0.1) is 11.9 Å². The molecule has 1 atom stereocenters. The van der Waals surface area contributed by atoms with Crippen LogP contribution in [0.25, 0.3) is 0 Å². The molecule has 1 aliphatic heterocycles. The molecule has 1 unspecified atom stereocenters. The Morgan fingerprint density at radius 3 is 2.74 bits per heavy atom. The van der Waals surface area contributed by atoms with Crippen molar-refractivity contribution in [3.8, 4) is 11.6 Å². The second-order valence-corrected chi connectivity index (χ2v) is 8.55. The van der Waals surface area contributed by atoms with Gasteiger partial charge >= 0.3 is 0 Å². The summed E-state index contributed by atoms with van der Waals surface area (Å²) in [5, 5.41) is 0. The van der Waals surface area contributed by atoms with Crippen molar-refractivity contribution in [2.24, 2.45) is 0 Å². The van der Waals surface area contributed by atoms with Gasteiger partial charge in [0.15, 0.2) is 0 Å². The van der Waals surface area contributed by atoms with Gasteiger partial charge in [-0.3, -0.25) is 9.78 Å². The van der Waals surface area contributed by atoms with Gasteiger partial charge in [-0.1, -0.05) is 36.4 Å². The Bertz CT molecular complexity index is 1270. The van der Waals surface area contributed by atoms with Crippen molar-refractivity contribution in [3.63, 3.8) is 0 Å². The number of benzene rings is 2. The van der Waals surface area contributed by atoms with Crippen LogP contribution in [0.1, 0.15) is 46.2 Å². The minimum Gasteiger partial charge on any atom is -0.437 e. The van der Waals surface area contributed by atoms with Crippen LogP contribution in [0, 0.1) is 6.92 Å². The highest BCUT2D eigenvalue weighted by molar-refractivity contribution is 5.95. The number of hydrogen-bond donors (Lipinski definition) is 0. The largest absolute Gasteiger partial charge is 0.437 e. The Morgan fingerprint density at radius 1 is 1.09 bits per heavy atom. The fourth-order valence-corrected chi connectivity index (χ4v) is 4.41. The minimum atomic E-state index is 0.0581. The van der Waals surface area contributed by atoms with Crippen molar-refractivity contribution >= 4 is 5.91 Å². The fourth-order valence-electron chi connectivity index (χ4n) is 4.41. The van der Waals surface area contributed by atoms with Gasteiger partial charge in [-0.15, -0.1) is 0 Å². The van der Waals surface area contributed by atoms with Crippen LogP contribution in [-0.4, -0.2) is 43.4 Å². The molecule has 0 saturated carbocycles. The molecule has 7 heteroatoms. The summed E-state index contributed by atoms with van der Waals surface area (Å²) in [6.45, 7) is 3.94. The van der Waals surface area contributed by atoms with E-state index in [1.165, 1.54) is 0 Å². The lowest BCUT2D eigenvalue weighted by Gasteiger charge is -2.33. The molecule has 1 saturated heterocycles. The monoisotopic (exact) mass is 453 g/mol. The number of para-hydroxylation sites is 1. The molecule has 0 radical (unpaired) electrons. The molecule has 0 N–H and O–H groups in total. The summed E-state index contributed by atoms with van der Waals surface area (Å²) in [5.74, 6) is 2.29. The van der Waals surface area contributed by atoms with E-state index >= 15 is 0 Å². The van der Waals surface area contributed by atoms with Gasteiger partial charge in [0.25, 0.3) is 5.91 Å². The predicted molar refractivity (Wildman–Crippen MR) is 129 cm³/mol. The summed E-state index contributed by atoms with van der Waals surface area (Å²) >= 11 is 0. The third kappa shape index (κ3) is 4.83. The van der Waals surface area contributed by atoms with Crippen LogP contribution >= 0.6 is 0 Å². The summed E-state index contributed by atoms with van der Waals surface area (Å²) in [6, 6.07) is 17.4. The first-order valence-corrected chi connectivity index (χ1v) is 11.6. The summed E-state index contributed by atoms with van der Waals surface area (Å²) in [7, 11) is 0. The Labute approximate surface area is 199 Å². The molecule has 1 fully saturated rings. The van der Waals surface area contributed by atoms with Gasteiger partial charge in [-0.2, -0.15) is 0 Å². The molecule has 0 spiro atoms. The summed E-state index contributed by atoms with van der Waals surface area (Å²) in [4.78, 5) is 28.9. The average molecular weight is 454 g/mol. The molecule has 34 heavy (non-hydrogen) atoms. The number of piperidine rings is 1. The maximum absolute atomic E-state index is 13.6. The van der Waals surface area contributed by atoms with Crippen molar-refractivity contribution in [1.29, 1.82) is 0 Å². The van der Waals surface area contributed by atoms with E-state index in [0.717, 1.165) is 47.8 Å². The van der Waals surface area contributed by atoms with E-state index in [1.54, 1.807) is 18.6 Å². The highest BCUT2D eigenvalue weighted by Gasteiger charge is 2.28. The van der Waals surface area contributed by atoms with E-state index < -0.39 is 0 Å². The van der Waals surface area contributed by atoms with Gasteiger partial charge in [-0.05, 0) is 43.5 Å². The maximum Gasteiger partial charge on any atom is 0.254 e. The molecular formula is C27H27N5O2. The molecule has 2 aromatic heterocycles. The number of aryl methyl sites for hydroxylation is 1. The van der Waals surface area contributed by atoms with Crippen LogP contribution in [0.5, 0.6) is 11.6 Å². The zero-order chi connectivity index (χ0) is 23.3. The number of rotatable bonds is 6. The Balaban J connectivity index is 1.32. The third-order valence-electron chi connectivity index (χ3n) is 6.24. The summed E-state index contributed by atoms with van der Waals surface area (Å²) in [5.41, 5.74) is 2.59. The van der Waals surface area contributed by atoms with Crippen LogP contribution in [0.15, 0.2) is 79.4 Å². The molecule has 4 aromatic rings. The van der Waals surface area contributed by atoms with Gasteiger partial charge in [0.2, 0.25) is 5.88 Å². The average Bonchev–Trinajstić information content (AvgIpc) is 3.29. The number of hydrogen-bond acceptors (Lipinski definition) is 5. The van der Waals surface area contributed by atoms with E-state index in [2.05, 4.69) is 14.5 Å². The van der Waals surface area contributed by atoms with Crippen LogP contribution in [-0.2, 0) is 6.54 Å². The predicted octanol–water partition coefficient (Wildman–Crippen LogP) is 4.84. The lowest BCUT2D eigenvalue weighted by Crippen LogP contribution is -2.39. The topological polar surface area (TPSA) is 73.1 Å². The second kappa shape index (κ2) is 9.87. The van der Waals surface area contributed by atoms with Gasteiger partial charge in [0, 0.05) is 49.7 Å². The highest BCUT2D eigenvalue weighted by Crippen LogP contribution is 2.29. The lowest BCUT2D eigenvalue weighted by atomic mass is 9.94. The van der Waals surface area contributed by atoms with Crippen molar-refractivity contribution < 1.29 is 9.53 Å². The van der Waals surface area contributed by atoms with Crippen LogP contribution in [0.2, 0.25) is 0 Å². The first-order chi connectivity index (χ1) is 16.7. The number of aromatic nitrogens is 4. The van der Waals surface area contributed by atoms with Crippen molar-refractivity contribution in [3.05, 3.63) is 102 Å². The Kier molecular flexibility index (Phi) is 6.33. The number of nitrogens with zero attached hydrogens (tertiary/aromatic N) is 5. The lowest BCUT2D eigenvalue weighted by molar-refractivity contribution is 0.0704. The zero-order valence-corrected chi connectivity index (χ0v) is 19.2. The molecule has 2 aromatic carbocycles. The van der Waals surface area contributed by atoms with E-state index in [0.29, 0.717) is 19.0 Å². The van der Waals surface area contributed by atoms with Gasteiger partial charge < -0.3 is 14.2 Å². The van der Waals surface area contributed by atoms with E-state index in [-0.39, 0.29) is 11.8 Å². The van der Waals surface area contributed by atoms with E-state index in [1.807, 2.05) is 72.6 Å². The molecular weight excluding hydrogens is 426 g/mol. The number of carbonyl (C=O) groups is 1.